The fourth-order valence-electron chi connectivity index (χ4n) is 2.00. The van der Waals surface area contributed by atoms with Crippen LogP contribution in [0, 0.1) is 0 Å². The highest BCUT2D eigenvalue weighted by Gasteiger charge is 2.13. The van der Waals surface area contributed by atoms with Crippen molar-refractivity contribution in [3.63, 3.8) is 0 Å². The van der Waals surface area contributed by atoms with Gasteiger partial charge in [0, 0.05) is 6.08 Å². The lowest BCUT2D eigenvalue weighted by Crippen LogP contribution is -2.10. The molecule has 1 rings (SSSR count). The first-order chi connectivity index (χ1) is 8.84. The highest BCUT2D eigenvalue weighted by Crippen LogP contribution is 2.26. The van der Waals surface area contributed by atoms with Crippen LogP contribution in [0.2, 0.25) is 0 Å². The molecule has 0 aliphatic heterocycles. The van der Waals surface area contributed by atoms with Crippen LogP contribution >= 0.6 is 0 Å². The Morgan fingerprint density at radius 3 is 2.21 bits per heavy atom. The average molecular weight is 260 g/mol. The molecule has 0 amide bonds. The molecule has 104 valence electrons. The summed E-state index contributed by atoms with van der Waals surface area (Å²) in [6.45, 7) is 8.63. The minimum absolute atomic E-state index is 0.124. The van der Waals surface area contributed by atoms with Gasteiger partial charge in [-0.05, 0) is 35.0 Å². The van der Waals surface area contributed by atoms with Gasteiger partial charge in [0.2, 0.25) is 0 Å². The highest BCUT2D eigenvalue weighted by molar-refractivity contribution is 5.90. The van der Waals surface area contributed by atoms with Crippen molar-refractivity contribution in [3.05, 3.63) is 41.5 Å². The summed E-state index contributed by atoms with van der Waals surface area (Å²) in [5.74, 6) is -0.869. The number of carboxylic acid groups (broad SMARTS) is 1. The second-order valence-corrected chi connectivity index (χ2v) is 5.94. The molecule has 0 aliphatic carbocycles. The normalized spacial score (nSPS) is 12.5. The third-order valence-electron chi connectivity index (χ3n) is 3.22. The Kier molecular flexibility index (Phi) is 5.34. The monoisotopic (exact) mass is 260 g/mol. The van der Waals surface area contributed by atoms with Gasteiger partial charge < -0.3 is 5.11 Å². The number of hydrogen-bond acceptors (Lipinski definition) is 1. The number of aliphatic carboxylic acids is 1. The van der Waals surface area contributed by atoms with Crippen LogP contribution in [0.4, 0.5) is 0 Å². The first-order valence-electron chi connectivity index (χ1n) is 6.89. The number of benzene rings is 1. The van der Waals surface area contributed by atoms with Crippen LogP contribution in [0.25, 0.3) is 5.57 Å². The van der Waals surface area contributed by atoms with E-state index in [2.05, 4.69) is 39.8 Å². The lowest BCUT2D eigenvalue weighted by molar-refractivity contribution is -0.131. The molecule has 1 aromatic rings. The van der Waals surface area contributed by atoms with E-state index in [0.29, 0.717) is 0 Å². The van der Waals surface area contributed by atoms with Gasteiger partial charge in [-0.15, -0.1) is 0 Å². The number of hydrogen-bond donors (Lipinski definition) is 1. The molecule has 2 heteroatoms. The van der Waals surface area contributed by atoms with Gasteiger partial charge in [0.25, 0.3) is 0 Å². The zero-order chi connectivity index (χ0) is 14.5. The number of carboxylic acids is 1. The third kappa shape index (κ3) is 4.90. The minimum atomic E-state index is -0.869. The summed E-state index contributed by atoms with van der Waals surface area (Å²) in [7, 11) is 0. The number of rotatable bonds is 5. The maximum atomic E-state index is 10.9. The number of allylic oxidation sites excluding steroid dienone is 1. The number of carbonyl (C=O) groups is 1. The molecule has 0 radical (unpaired) electrons. The lowest BCUT2D eigenvalue weighted by Gasteiger charge is -2.19. The molecule has 0 aliphatic rings. The van der Waals surface area contributed by atoms with E-state index in [1.165, 1.54) is 11.6 Å². The Morgan fingerprint density at radius 2 is 1.79 bits per heavy atom. The molecule has 0 bridgehead atoms. The molecular weight excluding hydrogens is 236 g/mol. The second kappa shape index (κ2) is 6.55. The van der Waals surface area contributed by atoms with Crippen LogP contribution in [-0.2, 0) is 10.2 Å². The van der Waals surface area contributed by atoms with Gasteiger partial charge in [-0.3, -0.25) is 0 Å². The van der Waals surface area contributed by atoms with Gasteiger partial charge >= 0.3 is 5.97 Å². The minimum Gasteiger partial charge on any atom is -0.478 e. The lowest BCUT2D eigenvalue weighted by atomic mass is 9.86. The SMILES string of the molecule is CCCC/C(=C\C(=O)O)c1ccc(C(C)(C)C)cc1. The van der Waals surface area contributed by atoms with Gasteiger partial charge in [-0.2, -0.15) is 0 Å². The van der Waals surface area contributed by atoms with E-state index in [-0.39, 0.29) is 5.41 Å². The quantitative estimate of drug-likeness (QED) is 0.783. The van der Waals surface area contributed by atoms with Crippen LogP contribution in [0.1, 0.15) is 58.1 Å². The summed E-state index contributed by atoms with van der Waals surface area (Å²) < 4.78 is 0. The van der Waals surface area contributed by atoms with E-state index in [4.69, 9.17) is 5.11 Å². The summed E-state index contributed by atoms with van der Waals surface area (Å²) in [4.78, 5) is 10.9. The summed E-state index contributed by atoms with van der Waals surface area (Å²) >= 11 is 0. The van der Waals surface area contributed by atoms with E-state index in [0.717, 1.165) is 30.4 Å². The molecule has 0 heterocycles. The average Bonchev–Trinajstić information content (AvgIpc) is 2.33. The van der Waals surface area contributed by atoms with Crippen molar-refractivity contribution in [2.75, 3.05) is 0 Å². The Bertz CT molecular complexity index is 447. The van der Waals surface area contributed by atoms with Crippen LogP contribution in [0.3, 0.4) is 0 Å². The topological polar surface area (TPSA) is 37.3 Å². The van der Waals surface area contributed by atoms with Crippen molar-refractivity contribution in [1.82, 2.24) is 0 Å². The summed E-state index contributed by atoms with van der Waals surface area (Å²) in [6.07, 6.45) is 4.23. The Morgan fingerprint density at radius 1 is 1.21 bits per heavy atom. The molecule has 0 saturated carbocycles. The first kappa shape index (κ1) is 15.5. The maximum absolute atomic E-state index is 10.9. The number of unbranched alkanes of at least 4 members (excludes halogenated alkanes) is 1. The van der Waals surface area contributed by atoms with E-state index in [1.54, 1.807) is 0 Å². The predicted octanol–water partition coefficient (Wildman–Crippen LogP) is 4.64. The van der Waals surface area contributed by atoms with Crippen molar-refractivity contribution >= 4 is 11.5 Å². The van der Waals surface area contributed by atoms with Crippen molar-refractivity contribution in [2.45, 2.75) is 52.4 Å². The van der Waals surface area contributed by atoms with E-state index in [1.807, 2.05) is 12.1 Å². The first-order valence-corrected chi connectivity index (χ1v) is 6.89. The van der Waals surface area contributed by atoms with Crippen LogP contribution in [0.5, 0.6) is 0 Å². The Hall–Kier alpha value is -1.57. The zero-order valence-electron chi connectivity index (χ0n) is 12.4. The highest BCUT2D eigenvalue weighted by atomic mass is 16.4. The molecule has 0 aromatic heterocycles. The van der Waals surface area contributed by atoms with Gasteiger partial charge in [-0.25, -0.2) is 4.79 Å². The van der Waals surface area contributed by atoms with E-state index >= 15 is 0 Å². The summed E-state index contributed by atoms with van der Waals surface area (Å²) in [5.41, 5.74) is 3.32. The van der Waals surface area contributed by atoms with Gasteiger partial charge in [-0.1, -0.05) is 58.4 Å². The maximum Gasteiger partial charge on any atom is 0.328 e. The molecule has 0 spiro atoms. The van der Waals surface area contributed by atoms with Gasteiger partial charge in [0.1, 0.15) is 0 Å². The van der Waals surface area contributed by atoms with E-state index < -0.39 is 5.97 Å². The fraction of sp³-hybridized carbons (Fsp3) is 0.471. The van der Waals surface area contributed by atoms with Crippen LogP contribution in [-0.4, -0.2) is 11.1 Å². The molecule has 2 nitrogen and oxygen atoms in total. The predicted molar refractivity (Wildman–Crippen MR) is 80.3 cm³/mol. The molecule has 1 N–H and O–H groups in total. The van der Waals surface area contributed by atoms with Crippen molar-refractivity contribution in [1.29, 1.82) is 0 Å². The molecule has 19 heavy (non-hydrogen) atoms. The molecule has 0 fully saturated rings. The standard InChI is InChI=1S/C17H24O2/c1-5-6-7-14(12-16(18)19)13-8-10-15(11-9-13)17(2,3)4/h8-12H,5-7H2,1-4H3,(H,18,19)/b14-12+. The zero-order valence-corrected chi connectivity index (χ0v) is 12.4. The van der Waals surface area contributed by atoms with Gasteiger partial charge in [0.15, 0.2) is 0 Å². The third-order valence-corrected chi connectivity index (χ3v) is 3.22. The summed E-state index contributed by atoms with van der Waals surface area (Å²) in [5, 5.41) is 8.95. The Labute approximate surface area is 116 Å². The molecule has 0 unspecified atom stereocenters. The summed E-state index contributed by atoms with van der Waals surface area (Å²) in [6, 6.07) is 8.25. The molecule has 1 aromatic carbocycles. The fourth-order valence-corrected chi connectivity index (χ4v) is 2.00. The van der Waals surface area contributed by atoms with Crippen molar-refractivity contribution in [2.24, 2.45) is 0 Å². The van der Waals surface area contributed by atoms with Crippen LogP contribution < -0.4 is 0 Å². The van der Waals surface area contributed by atoms with Crippen LogP contribution in [0.15, 0.2) is 30.3 Å². The molecular formula is C17H24O2. The van der Waals surface area contributed by atoms with E-state index in [9.17, 15) is 4.79 Å². The molecule has 0 atom stereocenters. The Balaban J connectivity index is 3.01. The smallest absolute Gasteiger partial charge is 0.328 e. The van der Waals surface area contributed by atoms with Crippen molar-refractivity contribution in [3.8, 4) is 0 Å². The largest absolute Gasteiger partial charge is 0.478 e. The van der Waals surface area contributed by atoms with Gasteiger partial charge in [0.05, 0.1) is 0 Å². The second-order valence-electron chi connectivity index (χ2n) is 5.94. The molecule has 0 saturated heterocycles. The van der Waals surface area contributed by atoms with Crippen molar-refractivity contribution < 1.29 is 9.90 Å².